The van der Waals surface area contributed by atoms with Gasteiger partial charge in [0, 0.05) is 9.75 Å². The van der Waals surface area contributed by atoms with Crippen LogP contribution in [0.4, 0.5) is 0 Å². The smallest absolute Gasteiger partial charge is 0.267 e. The van der Waals surface area contributed by atoms with Gasteiger partial charge in [-0.2, -0.15) is 10.1 Å². The molecule has 0 spiro atoms. The number of hydrogen-bond acceptors (Lipinski definition) is 4. The normalized spacial score (nSPS) is 14.5. The van der Waals surface area contributed by atoms with Crippen molar-refractivity contribution in [1.82, 2.24) is 5.01 Å². The molecule has 0 fully saturated rings. The molecule has 0 unspecified atom stereocenters. The van der Waals surface area contributed by atoms with Gasteiger partial charge >= 0.3 is 0 Å². The molecule has 2 amide bonds. The molecule has 94 valence electrons. The maximum atomic E-state index is 12.0. The number of carbonyl (C=O) groups excluding carboxylic acids is 2. The Morgan fingerprint density at radius 1 is 1.05 bits per heavy atom. The molecule has 1 aliphatic heterocycles. The summed E-state index contributed by atoms with van der Waals surface area (Å²) in [5, 5.41) is 4.92. The minimum absolute atomic E-state index is 0.370. The second kappa shape index (κ2) is 4.44. The van der Waals surface area contributed by atoms with Crippen molar-refractivity contribution in [3.8, 4) is 0 Å². The summed E-state index contributed by atoms with van der Waals surface area (Å²) >= 11 is 1.56. The first-order valence-corrected chi connectivity index (χ1v) is 6.57. The van der Waals surface area contributed by atoms with E-state index in [-0.39, 0.29) is 11.8 Å². The largest absolute Gasteiger partial charge is 0.282 e. The number of aryl methyl sites for hydroxylation is 1. The minimum Gasteiger partial charge on any atom is -0.267 e. The van der Waals surface area contributed by atoms with Crippen LogP contribution in [0, 0.1) is 6.92 Å². The number of nitrogens with zero attached hydrogens (tertiary/aromatic N) is 2. The van der Waals surface area contributed by atoms with Gasteiger partial charge in [0.1, 0.15) is 0 Å². The summed E-state index contributed by atoms with van der Waals surface area (Å²) < 4.78 is 0. The quantitative estimate of drug-likeness (QED) is 0.622. The number of fused-ring (bicyclic) bond motifs is 1. The van der Waals surface area contributed by atoms with E-state index in [4.69, 9.17) is 0 Å². The van der Waals surface area contributed by atoms with Crippen molar-refractivity contribution >= 4 is 29.4 Å². The lowest BCUT2D eigenvalue weighted by atomic mass is 10.1. The molecule has 0 atom stereocenters. The van der Waals surface area contributed by atoms with E-state index < -0.39 is 0 Å². The van der Waals surface area contributed by atoms with Crippen molar-refractivity contribution in [3.63, 3.8) is 0 Å². The Morgan fingerprint density at radius 2 is 1.68 bits per heavy atom. The van der Waals surface area contributed by atoms with Gasteiger partial charge in [0.25, 0.3) is 11.8 Å². The van der Waals surface area contributed by atoms with Crippen molar-refractivity contribution < 1.29 is 9.59 Å². The summed E-state index contributed by atoms with van der Waals surface area (Å²) in [5.41, 5.74) is 0.819. The van der Waals surface area contributed by atoms with Gasteiger partial charge in [0.05, 0.1) is 17.3 Å². The molecule has 19 heavy (non-hydrogen) atoms. The van der Waals surface area contributed by atoms with Gasteiger partial charge in [-0.1, -0.05) is 12.1 Å². The van der Waals surface area contributed by atoms with Crippen LogP contribution in [0.15, 0.2) is 41.5 Å². The molecule has 0 saturated carbocycles. The molecule has 0 N–H and O–H groups in total. The number of thiophene rings is 1. The molecular weight excluding hydrogens is 260 g/mol. The molecule has 2 heterocycles. The summed E-state index contributed by atoms with van der Waals surface area (Å²) in [6.45, 7) is 1.99. The van der Waals surface area contributed by atoms with Crippen LogP contribution in [0.5, 0.6) is 0 Å². The highest BCUT2D eigenvalue weighted by atomic mass is 32.1. The standard InChI is InChI=1S/C14H10N2O2S/c1-9-6-7-10(19-9)8-15-16-13(17)11-4-2-3-5-12(11)14(16)18/h2-8H,1H3. The molecule has 1 aliphatic rings. The van der Waals surface area contributed by atoms with Crippen molar-refractivity contribution in [2.24, 2.45) is 5.10 Å². The molecule has 4 nitrogen and oxygen atoms in total. The Kier molecular flexibility index (Phi) is 2.76. The maximum absolute atomic E-state index is 12.0. The predicted octanol–water partition coefficient (Wildman–Crippen LogP) is 2.69. The lowest BCUT2D eigenvalue weighted by Crippen LogP contribution is -2.23. The van der Waals surface area contributed by atoms with Gasteiger partial charge in [0.15, 0.2) is 0 Å². The Labute approximate surface area is 114 Å². The fourth-order valence-corrected chi connectivity index (χ4v) is 2.66. The Bertz CT molecular complexity index is 668. The van der Waals surface area contributed by atoms with Crippen LogP contribution >= 0.6 is 11.3 Å². The second-order valence-electron chi connectivity index (χ2n) is 4.16. The first kappa shape index (κ1) is 11.8. The first-order chi connectivity index (χ1) is 9.16. The molecule has 3 rings (SSSR count). The highest BCUT2D eigenvalue weighted by Gasteiger charge is 2.35. The van der Waals surface area contributed by atoms with E-state index in [1.54, 1.807) is 41.8 Å². The van der Waals surface area contributed by atoms with Crippen LogP contribution in [0.3, 0.4) is 0 Å². The molecule has 0 radical (unpaired) electrons. The summed E-state index contributed by atoms with van der Waals surface area (Å²) in [4.78, 5) is 26.1. The first-order valence-electron chi connectivity index (χ1n) is 5.75. The van der Waals surface area contributed by atoms with Gasteiger partial charge in [-0.15, -0.1) is 11.3 Å². The van der Waals surface area contributed by atoms with E-state index in [1.807, 2.05) is 19.1 Å². The molecule has 0 aliphatic carbocycles. The monoisotopic (exact) mass is 270 g/mol. The highest BCUT2D eigenvalue weighted by Crippen LogP contribution is 2.22. The van der Waals surface area contributed by atoms with Gasteiger partial charge in [0.2, 0.25) is 0 Å². The van der Waals surface area contributed by atoms with Crippen molar-refractivity contribution in [3.05, 3.63) is 57.3 Å². The van der Waals surface area contributed by atoms with Gasteiger partial charge in [-0.3, -0.25) is 9.59 Å². The lowest BCUT2D eigenvalue weighted by Gasteiger charge is -2.04. The summed E-state index contributed by atoms with van der Waals surface area (Å²) in [6, 6.07) is 10.6. The van der Waals surface area contributed by atoms with Crippen LogP contribution in [-0.2, 0) is 0 Å². The Hall–Kier alpha value is -2.27. The topological polar surface area (TPSA) is 49.7 Å². The van der Waals surface area contributed by atoms with Crippen molar-refractivity contribution in [2.45, 2.75) is 6.92 Å². The molecule has 0 bridgehead atoms. The van der Waals surface area contributed by atoms with E-state index in [2.05, 4.69) is 5.10 Å². The number of benzene rings is 1. The molecule has 1 aromatic heterocycles. The average Bonchev–Trinajstić information content (AvgIpc) is 2.93. The van der Waals surface area contributed by atoms with E-state index in [0.29, 0.717) is 11.1 Å². The zero-order chi connectivity index (χ0) is 13.4. The third-order valence-electron chi connectivity index (χ3n) is 2.83. The molecule has 2 aromatic rings. The highest BCUT2D eigenvalue weighted by molar-refractivity contribution is 7.13. The lowest BCUT2D eigenvalue weighted by molar-refractivity contribution is 0.0660. The zero-order valence-electron chi connectivity index (χ0n) is 10.2. The van der Waals surface area contributed by atoms with Gasteiger partial charge < -0.3 is 0 Å². The molecule has 1 aromatic carbocycles. The average molecular weight is 270 g/mol. The van der Waals surface area contributed by atoms with Crippen LogP contribution in [0.25, 0.3) is 0 Å². The third kappa shape index (κ3) is 1.98. The SMILES string of the molecule is Cc1ccc(C=NN2C(=O)c3ccccc3C2=O)s1. The Morgan fingerprint density at radius 3 is 2.21 bits per heavy atom. The van der Waals surface area contributed by atoms with Crippen LogP contribution in [-0.4, -0.2) is 23.0 Å². The summed E-state index contributed by atoms with van der Waals surface area (Å²) in [6.07, 6.45) is 1.54. The number of rotatable bonds is 2. The molecule has 0 saturated heterocycles. The molecular formula is C14H10N2O2S. The van der Waals surface area contributed by atoms with Crippen LogP contribution < -0.4 is 0 Å². The fourth-order valence-electron chi connectivity index (χ4n) is 1.92. The second-order valence-corrected chi connectivity index (χ2v) is 5.48. The fraction of sp³-hybridized carbons (Fsp3) is 0.0714. The van der Waals surface area contributed by atoms with Crippen LogP contribution in [0.2, 0.25) is 0 Å². The van der Waals surface area contributed by atoms with E-state index >= 15 is 0 Å². The number of imide groups is 1. The maximum Gasteiger partial charge on any atom is 0.282 e. The van der Waals surface area contributed by atoms with E-state index in [9.17, 15) is 9.59 Å². The zero-order valence-corrected chi connectivity index (χ0v) is 11.0. The van der Waals surface area contributed by atoms with E-state index in [0.717, 1.165) is 14.8 Å². The number of amides is 2. The summed E-state index contributed by atoms with van der Waals surface area (Å²) in [5.74, 6) is -0.741. The van der Waals surface area contributed by atoms with E-state index in [1.165, 1.54) is 0 Å². The van der Waals surface area contributed by atoms with Crippen molar-refractivity contribution in [2.75, 3.05) is 0 Å². The third-order valence-corrected chi connectivity index (χ3v) is 3.77. The number of hydrogen-bond donors (Lipinski definition) is 0. The number of carbonyl (C=O) groups is 2. The summed E-state index contributed by atoms with van der Waals surface area (Å²) in [7, 11) is 0. The van der Waals surface area contributed by atoms with Gasteiger partial charge in [-0.05, 0) is 31.2 Å². The van der Waals surface area contributed by atoms with Crippen LogP contribution in [0.1, 0.15) is 30.5 Å². The molecule has 5 heteroatoms. The number of hydrazone groups is 1. The Balaban J connectivity index is 1.90. The predicted molar refractivity (Wildman–Crippen MR) is 73.6 cm³/mol. The minimum atomic E-state index is -0.370. The van der Waals surface area contributed by atoms with Crippen molar-refractivity contribution in [1.29, 1.82) is 0 Å². The van der Waals surface area contributed by atoms with Gasteiger partial charge in [-0.25, -0.2) is 0 Å².